The van der Waals surface area contributed by atoms with Crippen molar-refractivity contribution in [2.45, 2.75) is 12.8 Å². The molecule has 0 saturated carbocycles. The first-order chi connectivity index (χ1) is 10.2. The zero-order valence-corrected chi connectivity index (χ0v) is 12.1. The van der Waals surface area contributed by atoms with Gasteiger partial charge in [0.2, 0.25) is 0 Å². The number of ether oxygens (including phenoxy) is 1. The average molecular weight is 289 g/mol. The van der Waals surface area contributed by atoms with Crippen LogP contribution in [0.5, 0.6) is 11.5 Å². The minimum Gasteiger partial charge on any atom is -0.504 e. The Hall–Kier alpha value is -2.07. The Morgan fingerprint density at radius 2 is 1.62 bits per heavy atom. The molecule has 0 amide bonds. The van der Waals surface area contributed by atoms with Crippen LogP contribution < -0.4 is 10.1 Å². The molecule has 0 aliphatic rings. The first kappa shape index (κ1) is 15.3. The predicted octanol–water partition coefficient (Wildman–Crippen LogP) is 2.91. The fourth-order valence-electron chi connectivity index (χ4n) is 2.13. The summed E-state index contributed by atoms with van der Waals surface area (Å²) >= 11 is 0. The van der Waals surface area contributed by atoms with Crippen LogP contribution in [0.2, 0.25) is 0 Å². The number of rotatable bonds is 7. The minimum absolute atomic E-state index is 0.168. The van der Waals surface area contributed by atoms with E-state index in [2.05, 4.69) is 5.32 Å². The SMILES string of the molecule is COc1ccc(CCNCCc2ccc(F)cc2)cc1O. The third-order valence-electron chi connectivity index (χ3n) is 3.34. The molecule has 0 fully saturated rings. The second kappa shape index (κ2) is 7.64. The summed E-state index contributed by atoms with van der Waals surface area (Å²) in [7, 11) is 1.53. The van der Waals surface area contributed by atoms with Gasteiger partial charge in [-0.15, -0.1) is 0 Å². The summed E-state index contributed by atoms with van der Waals surface area (Å²) in [5.74, 6) is 0.454. The number of phenols is 1. The number of methoxy groups -OCH3 is 1. The highest BCUT2D eigenvalue weighted by Gasteiger charge is 2.02. The monoisotopic (exact) mass is 289 g/mol. The molecular formula is C17H20FNO2. The number of halogens is 1. The lowest BCUT2D eigenvalue weighted by Gasteiger charge is -2.07. The molecule has 3 nitrogen and oxygen atoms in total. The number of nitrogens with one attached hydrogen (secondary N) is 1. The molecule has 21 heavy (non-hydrogen) atoms. The van der Waals surface area contributed by atoms with Crippen molar-refractivity contribution < 1.29 is 14.2 Å². The Morgan fingerprint density at radius 3 is 2.24 bits per heavy atom. The van der Waals surface area contributed by atoms with Crippen LogP contribution in [0.4, 0.5) is 4.39 Å². The highest BCUT2D eigenvalue weighted by Crippen LogP contribution is 2.26. The molecule has 4 heteroatoms. The van der Waals surface area contributed by atoms with Gasteiger partial charge < -0.3 is 15.2 Å². The third-order valence-corrected chi connectivity index (χ3v) is 3.34. The fourth-order valence-corrected chi connectivity index (χ4v) is 2.13. The maximum Gasteiger partial charge on any atom is 0.160 e. The van der Waals surface area contributed by atoms with Gasteiger partial charge in [0.25, 0.3) is 0 Å². The van der Waals surface area contributed by atoms with E-state index in [1.54, 1.807) is 24.3 Å². The summed E-state index contributed by atoms with van der Waals surface area (Å²) in [5, 5.41) is 13.0. The van der Waals surface area contributed by atoms with Crippen molar-refractivity contribution in [3.63, 3.8) is 0 Å². The molecular weight excluding hydrogens is 269 g/mol. The van der Waals surface area contributed by atoms with E-state index >= 15 is 0 Å². The molecule has 0 saturated heterocycles. The molecule has 0 atom stereocenters. The van der Waals surface area contributed by atoms with E-state index in [1.165, 1.54) is 19.2 Å². The first-order valence-electron chi connectivity index (χ1n) is 7.00. The Labute approximate surface area is 124 Å². The van der Waals surface area contributed by atoms with Gasteiger partial charge in [0.15, 0.2) is 11.5 Å². The Balaban J connectivity index is 1.70. The minimum atomic E-state index is -0.203. The zero-order valence-electron chi connectivity index (χ0n) is 12.1. The van der Waals surface area contributed by atoms with E-state index in [1.807, 2.05) is 6.07 Å². The molecule has 0 heterocycles. The topological polar surface area (TPSA) is 41.5 Å². The van der Waals surface area contributed by atoms with Crippen molar-refractivity contribution in [2.75, 3.05) is 20.2 Å². The molecule has 112 valence electrons. The van der Waals surface area contributed by atoms with Gasteiger partial charge in [-0.2, -0.15) is 0 Å². The van der Waals surface area contributed by atoms with Crippen molar-refractivity contribution in [3.8, 4) is 11.5 Å². The summed E-state index contributed by atoms with van der Waals surface area (Å²) in [4.78, 5) is 0. The van der Waals surface area contributed by atoms with Gasteiger partial charge in [0.05, 0.1) is 7.11 Å². The smallest absolute Gasteiger partial charge is 0.160 e. The summed E-state index contributed by atoms with van der Waals surface area (Å²) in [6.45, 7) is 1.67. The Kier molecular flexibility index (Phi) is 5.58. The molecule has 0 aliphatic carbocycles. The molecule has 0 aliphatic heterocycles. The lowest BCUT2D eigenvalue weighted by molar-refractivity contribution is 0.373. The number of phenolic OH excluding ortho intramolecular Hbond substituents is 1. The standard InChI is InChI=1S/C17H20FNO2/c1-21-17-7-4-14(12-16(17)20)9-11-19-10-8-13-2-5-15(18)6-3-13/h2-7,12,19-20H,8-11H2,1H3. The highest BCUT2D eigenvalue weighted by molar-refractivity contribution is 5.41. The fraction of sp³-hybridized carbons (Fsp3) is 0.294. The second-order valence-corrected chi connectivity index (χ2v) is 4.88. The third kappa shape index (κ3) is 4.76. The van der Waals surface area contributed by atoms with Gasteiger partial charge in [-0.25, -0.2) is 4.39 Å². The van der Waals surface area contributed by atoms with Crippen LogP contribution >= 0.6 is 0 Å². The van der Waals surface area contributed by atoms with E-state index in [-0.39, 0.29) is 11.6 Å². The van der Waals surface area contributed by atoms with Gasteiger partial charge in [0.1, 0.15) is 5.82 Å². The summed E-state index contributed by atoms with van der Waals surface area (Å²) in [5.41, 5.74) is 2.17. The van der Waals surface area contributed by atoms with Crippen molar-refractivity contribution in [3.05, 3.63) is 59.4 Å². The zero-order chi connectivity index (χ0) is 15.1. The van der Waals surface area contributed by atoms with Crippen LogP contribution in [0.1, 0.15) is 11.1 Å². The molecule has 0 spiro atoms. The van der Waals surface area contributed by atoms with Crippen molar-refractivity contribution in [1.29, 1.82) is 0 Å². The normalized spacial score (nSPS) is 10.6. The molecule has 2 aromatic rings. The summed E-state index contributed by atoms with van der Waals surface area (Å²) in [6, 6.07) is 12.0. The van der Waals surface area contributed by atoms with E-state index in [9.17, 15) is 9.50 Å². The molecule has 0 radical (unpaired) electrons. The van der Waals surface area contributed by atoms with Gasteiger partial charge in [-0.1, -0.05) is 18.2 Å². The molecule has 2 aromatic carbocycles. The maximum atomic E-state index is 12.8. The molecule has 0 bridgehead atoms. The first-order valence-corrected chi connectivity index (χ1v) is 7.00. The summed E-state index contributed by atoms with van der Waals surface area (Å²) < 4.78 is 17.8. The number of hydrogen-bond donors (Lipinski definition) is 2. The van der Waals surface area contributed by atoms with E-state index < -0.39 is 0 Å². The summed E-state index contributed by atoms with van der Waals surface area (Å²) in [6.07, 6.45) is 1.70. The van der Waals surface area contributed by atoms with Crippen molar-refractivity contribution in [1.82, 2.24) is 5.32 Å². The van der Waals surface area contributed by atoms with Crippen LogP contribution in [-0.2, 0) is 12.8 Å². The largest absolute Gasteiger partial charge is 0.504 e. The van der Waals surface area contributed by atoms with E-state index in [0.29, 0.717) is 5.75 Å². The Morgan fingerprint density at radius 1 is 1.00 bits per heavy atom. The van der Waals surface area contributed by atoms with Crippen LogP contribution in [-0.4, -0.2) is 25.3 Å². The van der Waals surface area contributed by atoms with Crippen LogP contribution in [0.25, 0.3) is 0 Å². The Bertz CT molecular complexity index is 570. The molecule has 2 N–H and O–H groups in total. The van der Waals surface area contributed by atoms with Gasteiger partial charge >= 0.3 is 0 Å². The quantitative estimate of drug-likeness (QED) is 0.770. The van der Waals surface area contributed by atoms with Crippen LogP contribution in [0, 0.1) is 5.82 Å². The van der Waals surface area contributed by atoms with Crippen molar-refractivity contribution >= 4 is 0 Å². The molecule has 0 unspecified atom stereocenters. The molecule has 2 rings (SSSR count). The average Bonchev–Trinajstić information content (AvgIpc) is 2.49. The number of aromatic hydroxyl groups is 1. The van der Waals surface area contributed by atoms with E-state index in [0.717, 1.165) is 37.1 Å². The number of hydrogen-bond acceptors (Lipinski definition) is 3. The van der Waals surface area contributed by atoms with E-state index in [4.69, 9.17) is 4.74 Å². The van der Waals surface area contributed by atoms with Crippen LogP contribution in [0.3, 0.4) is 0 Å². The lowest BCUT2D eigenvalue weighted by atomic mass is 10.1. The van der Waals surface area contributed by atoms with Gasteiger partial charge in [0, 0.05) is 0 Å². The highest BCUT2D eigenvalue weighted by atomic mass is 19.1. The predicted molar refractivity (Wildman–Crippen MR) is 81.3 cm³/mol. The van der Waals surface area contributed by atoms with Gasteiger partial charge in [-0.3, -0.25) is 0 Å². The van der Waals surface area contributed by atoms with Gasteiger partial charge in [-0.05, 0) is 61.3 Å². The maximum absolute atomic E-state index is 12.8. The molecule has 0 aromatic heterocycles. The van der Waals surface area contributed by atoms with Crippen LogP contribution in [0.15, 0.2) is 42.5 Å². The second-order valence-electron chi connectivity index (χ2n) is 4.88. The lowest BCUT2D eigenvalue weighted by Crippen LogP contribution is -2.20. The number of benzene rings is 2. The van der Waals surface area contributed by atoms with Crippen molar-refractivity contribution in [2.24, 2.45) is 0 Å².